The minimum Gasteiger partial charge on any atom is -0.461 e. The molecule has 0 amide bonds. The lowest BCUT2D eigenvalue weighted by atomic mass is 10.1. The lowest BCUT2D eigenvalue weighted by Gasteiger charge is -2.07. The van der Waals surface area contributed by atoms with E-state index in [1.165, 1.54) is 12.1 Å². The molecule has 1 aromatic carbocycles. The maximum Gasteiger partial charge on any atom is 0.367 e. The summed E-state index contributed by atoms with van der Waals surface area (Å²) in [6, 6.07) is 5.89. The van der Waals surface area contributed by atoms with Gasteiger partial charge in [0.1, 0.15) is 12.4 Å². The van der Waals surface area contributed by atoms with E-state index in [9.17, 15) is 14.0 Å². The van der Waals surface area contributed by atoms with Crippen LogP contribution in [0.3, 0.4) is 0 Å². The Bertz CT molecular complexity index is 851. The predicted octanol–water partition coefficient (Wildman–Crippen LogP) is 2.70. The number of oxime groups is 1. The molecule has 0 saturated heterocycles. The summed E-state index contributed by atoms with van der Waals surface area (Å²) >= 11 is 1.11. The van der Waals surface area contributed by atoms with Gasteiger partial charge in [0.05, 0.1) is 18.0 Å². The van der Waals surface area contributed by atoms with Crippen molar-refractivity contribution >= 4 is 29.0 Å². The topological polar surface area (TPSA) is 87.1 Å². The van der Waals surface area contributed by atoms with Crippen LogP contribution in [0.5, 0.6) is 0 Å². The quantitative estimate of drug-likeness (QED) is 0.719. The van der Waals surface area contributed by atoms with E-state index >= 15 is 0 Å². The summed E-state index contributed by atoms with van der Waals surface area (Å²) in [6.45, 7) is 1.87. The van der Waals surface area contributed by atoms with E-state index in [1.807, 2.05) is 0 Å². The number of benzene rings is 1. The van der Waals surface area contributed by atoms with Crippen molar-refractivity contribution in [1.82, 2.24) is 4.98 Å². The molecule has 0 aliphatic carbocycles. The molecule has 3 rings (SSSR count). The first kappa shape index (κ1) is 18.0. The third kappa shape index (κ3) is 4.23. The average molecular weight is 378 g/mol. The van der Waals surface area contributed by atoms with E-state index in [4.69, 9.17) is 14.3 Å². The summed E-state index contributed by atoms with van der Waals surface area (Å²) in [5, 5.41) is 5.64. The van der Waals surface area contributed by atoms with Crippen LogP contribution in [-0.2, 0) is 25.7 Å². The number of hydrogen-bond acceptors (Lipinski definition) is 8. The second-order valence-electron chi connectivity index (χ2n) is 5.32. The molecule has 0 radical (unpaired) electrons. The van der Waals surface area contributed by atoms with Crippen LogP contribution in [-0.4, -0.2) is 35.3 Å². The number of hydrogen-bond donors (Lipinski definition) is 0. The predicted molar refractivity (Wildman–Crippen MR) is 90.3 cm³/mol. The summed E-state index contributed by atoms with van der Waals surface area (Å²) in [7, 11) is 0. The maximum atomic E-state index is 13.3. The van der Waals surface area contributed by atoms with Crippen LogP contribution >= 0.6 is 11.3 Å². The smallest absolute Gasteiger partial charge is 0.367 e. The van der Waals surface area contributed by atoms with Crippen LogP contribution < -0.4 is 0 Å². The van der Waals surface area contributed by atoms with Crippen LogP contribution in [0.15, 0.2) is 34.8 Å². The van der Waals surface area contributed by atoms with Crippen LogP contribution in [0.25, 0.3) is 0 Å². The van der Waals surface area contributed by atoms with Gasteiger partial charge in [0, 0.05) is 17.4 Å². The highest BCUT2D eigenvalue weighted by molar-refractivity contribution is 7.11. The van der Waals surface area contributed by atoms with Crippen LogP contribution in [0.4, 0.5) is 4.39 Å². The summed E-state index contributed by atoms with van der Waals surface area (Å²) in [5.41, 5.74) is 1.47. The second-order valence-corrected chi connectivity index (χ2v) is 6.18. The minimum absolute atomic E-state index is 0.0934. The summed E-state index contributed by atoms with van der Waals surface area (Å²) in [4.78, 5) is 32.8. The van der Waals surface area contributed by atoms with Crippen LogP contribution in [0, 0.1) is 5.82 Å². The molecule has 0 N–H and O–H groups in total. The Morgan fingerprint density at radius 1 is 1.38 bits per heavy atom. The Kier molecular flexibility index (Phi) is 5.57. The minimum atomic E-state index is -0.892. The van der Waals surface area contributed by atoms with Gasteiger partial charge in [-0.2, -0.15) is 0 Å². The molecule has 0 fully saturated rings. The molecule has 9 heteroatoms. The van der Waals surface area contributed by atoms with Crippen molar-refractivity contribution in [2.75, 3.05) is 6.61 Å². The third-order valence-electron chi connectivity index (χ3n) is 3.45. The highest BCUT2D eigenvalue weighted by Crippen LogP contribution is 2.19. The van der Waals surface area contributed by atoms with Gasteiger partial charge >= 0.3 is 11.9 Å². The third-order valence-corrected chi connectivity index (χ3v) is 4.32. The van der Waals surface area contributed by atoms with Gasteiger partial charge < -0.3 is 14.3 Å². The summed E-state index contributed by atoms with van der Waals surface area (Å²) in [5.74, 6) is -1.51. The molecule has 0 bridgehead atoms. The molecule has 0 spiro atoms. The number of carbonyl (C=O) groups is 2. The SMILES string of the molecule is CCOC(=O)c1nc(COC(=O)C2CC(c3cccc(F)c3)=NO2)cs1. The molecule has 1 aromatic heterocycles. The molecule has 1 unspecified atom stereocenters. The highest BCUT2D eigenvalue weighted by Gasteiger charge is 2.30. The largest absolute Gasteiger partial charge is 0.461 e. The number of halogens is 1. The Labute approximate surface area is 152 Å². The van der Waals surface area contributed by atoms with Crippen molar-refractivity contribution in [3.8, 4) is 0 Å². The van der Waals surface area contributed by atoms with Crippen molar-refractivity contribution < 1.29 is 28.3 Å². The van der Waals surface area contributed by atoms with E-state index in [0.717, 1.165) is 11.3 Å². The normalized spacial score (nSPS) is 15.9. The number of rotatable bonds is 6. The molecule has 0 saturated carbocycles. The first-order valence-electron chi connectivity index (χ1n) is 7.83. The van der Waals surface area contributed by atoms with Crippen LogP contribution in [0.2, 0.25) is 0 Å². The monoisotopic (exact) mass is 378 g/mol. The molecular weight excluding hydrogens is 363 g/mol. The number of nitrogens with zero attached hydrogens (tertiary/aromatic N) is 2. The van der Waals surface area contributed by atoms with E-state index in [1.54, 1.807) is 24.4 Å². The first-order valence-corrected chi connectivity index (χ1v) is 8.71. The fourth-order valence-electron chi connectivity index (χ4n) is 2.24. The second kappa shape index (κ2) is 8.05. The Balaban J connectivity index is 1.51. The van der Waals surface area contributed by atoms with Crippen LogP contribution in [0.1, 0.15) is 34.4 Å². The number of aromatic nitrogens is 1. The molecule has 7 nitrogen and oxygen atoms in total. The van der Waals surface area contributed by atoms with E-state index in [-0.39, 0.29) is 24.6 Å². The van der Waals surface area contributed by atoms with Crippen molar-refractivity contribution in [2.24, 2.45) is 5.16 Å². The zero-order valence-corrected chi connectivity index (χ0v) is 14.6. The molecule has 136 valence electrons. The lowest BCUT2D eigenvalue weighted by molar-refractivity contribution is -0.156. The molecule has 1 aliphatic heterocycles. The first-order chi connectivity index (χ1) is 12.6. The molecular formula is C17H15FN2O5S. The van der Waals surface area contributed by atoms with Gasteiger partial charge in [-0.1, -0.05) is 17.3 Å². The van der Waals surface area contributed by atoms with E-state index in [0.29, 0.717) is 17.0 Å². The van der Waals surface area contributed by atoms with Gasteiger partial charge in [0.15, 0.2) is 0 Å². The summed E-state index contributed by atoms with van der Waals surface area (Å²) < 4.78 is 23.3. The Morgan fingerprint density at radius 2 is 2.23 bits per heavy atom. The number of ether oxygens (including phenoxy) is 2. The standard InChI is InChI=1S/C17H15FN2O5S/c1-2-23-17(22)15-19-12(9-26-15)8-24-16(21)14-7-13(20-25-14)10-4-3-5-11(18)6-10/h3-6,9,14H,2,7-8H2,1H3. The fourth-order valence-corrected chi connectivity index (χ4v) is 2.93. The molecule has 26 heavy (non-hydrogen) atoms. The van der Waals surface area contributed by atoms with E-state index in [2.05, 4.69) is 10.1 Å². The van der Waals surface area contributed by atoms with Gasteiger partial charge in [-0.3, -0.25) is 0 Å². The zero-order valence-electron chi connectivity index (χ0n) is 13.8. The van der Waals surface area contributed by atoms with Gasteiger partial charge in [0.2, 0.25) is 11.1 Å². The molecule has 1 atom stereocenters. The maximum absolute atomic E-state index is 13.3. The van der Waals surface area contributed by atoms with Crippen molar-refractivity contribution in [2.45, 2.75) is 26.1 Å². The fraction of sp³-hybridized carbons (Fsp3) is 0.294. The van der Waals surface area contributed by atoms with Gasteiger partial charge in [-0.25, -0.2) is 19.0 Å². The van der Waals surface area contributed by atoms with Crippen molar-refractivity contribution in [1.29, 1.82) is 0 Å². The Morgan fingerprint density at radius 3 is 3.00 bits per heavy atom. The van der Waals surface area contributed by atoms with Gasteiger partial charge in [0.25, 0.3) is 0 Å². The highest BCUT2D eigenvalue weighted by atomic mass is 32.1. The zero-order chi connectivity index (χ0) is 18.5. The number of esters is 2. The van der Waals surface area contributed by atoms with Gasteiger partial charge in [-0.15, -0.1) is 11.3 Å². The van der Waals surface area contributed by atoms with Gasteiger partial charge in [-0.05, 0) is 19.1 Å². The number of carbonyl (C=O) groups excluding carboxylic acids is 2. The van der Waals surface area contributed by atoms with Crippen molar-refractivity contribution in [3.63, 3.8) is 0 Å². The Hall–Kier alpha value is -2.81. The number of thiazole rings is 1. The van der Waals surface area contributed by atoms with Crippen molar-refractivity contribution in [3.05, 3.63) is 51.7 Å². The average Bonchev–Trinajstić information content (AvgIpc) is 3.30. The van der Waals surface area contributed by atoms with E-state index < -0.39 is 23.9 Å². The molecule has 2 aromatic rings. The summed E-state index contributed by atoms with van der Waals surface area (Å²) in [6.07, 6.45) is -0.704. The molecule has 1 aliphatic rings. The lowest BCUT2D eigenvalue weighted by Crippen LogP contribution is -2.23. The molecule has 2 heterocycles.